The Morgan fingerprint density at radius 2 is 1.60 bits per heavy atom. The van der Waals surface area contributed by atoms with E-state index in [1.54, 1.807) is 6.33 Å². The minimum atomic E-state index is -4.95. The first kappa shape index (κ1) is 36.4. The molecular weight excluding hydrogens is 758 g/mol. The molecule has 11 atom stereocenters. The van der Waals surface area contributed by atoms with Gasteiger partial charge < -0.3 is 49.1 Å². The second kappa shape index (κ2) is 12.2. The van der Waals surface area contributed by atoms with Crippen LogP contribution in [-0.4, -0.2) is 106 Å². The van der Waals surface area contributed by atoms with E-state index < -0.39 is 77.7 Å². The number of aliphatic hydroxyl groups excluding tert-OH is 1. The second-order valence-electron chi connectivity index (χ2n) is 15.2. The summed E-state index contributed by atoms with van der Waals surface area (Å²) < 4.78 is 54.0. The van der Waals surface area contributed by atoms with E-state index in [1.165, 1.54) is 23.5 Å². The lowest BCUT2D eigenvalue weighted by Crippen LogP contribution is -2.50. The number of rotatable bonds is 4. The Kier molecular flexibility index (Phi) is 8.56. The maximum Gasteiger partial charge on any atom is 0.472 e. The molecule has 24 heteroatoms. The number of anilines is 2. The summed E-state index contributed by atoms with van der Waals surface area (Å²) in [6.45, 7) is 5.48. The van der Waals surface area contributed by atoms with Crippen molar-refractivity contribution in [3.8, 4) is 0 Å². The third-order valence-electron chi connectivity index (χ3n) is 11.1. The first-order chi connectivity index (χ1) is 24.3. The van der Waals surface area contributed by atoms with E-state index in [0.717, 1.165) is 0 Å². The van der Waals surface area contributed by atoms with Crippen LogP contribution >= 0.6 is 14.5 Å². The Balaban J connectivity index is 1.18. The van der Waals surface area contributed by atoms with Gasteiger partial charge in [0.2, 0.25) is 0 Å². The number of aromatic nitrogens is 8. The van der Waals surface area contributed by atoms with Crippen molar-refractivity contribution in [3.63, 3.8) is 0 Å². The molecule has 52 heavy (non-hydrogen) atoms. The number of fused-ring (bicyclic) bond motifs is 4. The number of hydrogen-bond donors (Lipinski definition) is 5. The normalized spacial score (nSPS) is 38.4. The zero-order chi connectivity index (χ0) is 37.2. The fourth-order valence-electron chi connectivity index (χ4n) is 7.35. The van der Waals surface area contributed by atoms with E-state index in [-0.39, 0.29) is 40.4 Å². The number of phosphoric ester groups is 1. The largest absolute Gasteiger partial charge is 0.472 e. The average Bonchev–Trinajstić information content (AvgIpc) is 3.34. The van der Waals surface area contributed by atoms with Crippen molar-refractivity contribution >= 4 is 68.6 Å². The van der Waals surface area contributed by atoms with Crippen molar-refractivity contribution in [3.05, 3.63) is 25.3 Å². The molecule has 4 aliphatic rings. The Bertz CT molecular complexity index is 2150. The second-order valence-corrected chi connectivity index (χ2v) is 24.2. The van der Waals surface area contributed by atoms with Gasteiger partial charge >= 0.3 is 14.5 Å². The molecule has 6 heterocycles. The maximum absolute atomic E-state index is 13.8. The van der Waals surface area contributed by atoms with Crippen LogP contribution in [0, 0.1) is 11.3 Å². The van der Waals surface area contributed by atoms with E-state index >= 15 is 0 Å². The third-order valence-corrected chi connectivity index (χ3v) is 18.1. The zero-order valence-corrected chi connectivity index (χ0v) is 32.4. The standard InChI is InChI=1S/C28H40N10O10P2SSi/c1-27(2,3)52(4,5)48-19-17(37-11-35-15-22(29)31-9-33-24(15)37)13-6-28(13)8-44-49(40,41)46-20-18(39)14(7-43-50(42,51)47-21(19)28)45-26(20)38-12-36-16-23(30)32-10-34-25(16)38/h9-14,17-21,26,39H,6-8H2,1-5H3,(H,40,41)(H,42,51)(H2,29,31,33)(H2,30,32,34)/t13-,14-,17-,18-,19?,20-,21+,26-,28+,50?/m1/s1. The molecule has 20 nitrogen and oxygen atoms in total. The van der Waals surface area contributed by atoms with Gasteiger partial charge in [0.15, 0.2) is 37.5 Å². The van der Waals surface area contributed by atoms with Crippen LogP contribution in [0.4, 0.5) is 11.6 Å². The highest BCUT2D eigenvalue weighted by Gasteiger charge is 2.75. The summed E-state index contributed by atoms with van der Waals surface area (Å²) in [5, 5.41) is 11.1. The van der Waals surface area contributed by atoms with Crippen molar-refractivity contribution in [1.29, 1.82) is 0 Å². The fraction of sp³-hybridized carbons (Fsp3) is 0.643. The highest BCUT2D eigenvalue weighted by Crippen LogP contribution is 2.73. The number of nitrogens with zero attached hydrogens (tertiary/aromatic N) is 8. The minimum absolute atomic E-state index is 0.0918. The van der Waals surface area contributed by atoms with Gasteiger partial charge in [-0.3, -0.25) is 13.6 Å². The van der Waals surface area contributed by atoms with Gasteiger partial charge in [0.1, 0.15) is 48.1 Å². The van der Waals surface area contributed by atoms with E-state index in [0.29, 0.717) is 17.6 Å². The smallest absolute Gasteiger partial charge is 0.409 e. The molecule has 1 spiro atoms. The average molecular weight is 799 g/mol. The van der Waals surface area contributed by atoms with Crippen LogP contribution in [0.15, 0.2) is 25.3 Å². The molecule has 2 aliphatic carbocycles. The molecule has 0 aromatic carbocycles. The van der Waals surface area contributed by atoms with Crippen LogP contribution in [0.25, 0.3) is 22.3 Å². The third kappa shape index (κ3) is 5.92. The molecule has 8 rings (SSSR count). The lowest BCUT2D eigenvalue weighted by molar-refractivity contribution is -0.0604. The van der Waals surface area contributed by atoms with Crippen LogP contribution in [-0.2, 0) is 43.6 Å². The number of nitrogen functional groups attached to an aromatic ring is 2. The SMILES string of the molecule is CC(C)(C)[Si](C)(C)OC1[C@H](n2cnc3c(N)ncnc32)[C@H]2C[C@]23COP(=O)(O)O[C@@H]2[C@H](O)[C@@H](COP(O)(=S)O[C@@H]13)O[C@H]2n1cnc2c(N)ncnc21. The molecule has 4 fully saturated rings. The molecule has 4 aromatic rings. The molecule has 7 N–H and O–H groups in total. The predicted molar refractivity (Wildman–Crippen MR) is 189 cm³/mol. The summed E-state index contributed by atoms with van der Waals surface area (Å²) in [6, 6.07) is -0.501. The van der Waals surface area contributed by atoms with Gasteiger partial charge in [-0.25, -0.2) is 34.5 Å². The Labute approximate surface area is 303 Å². The van der Waals surface area contributed by atoms with E-state index in [4.69, 9.17) is 50.5 Å². The first-order valence-electron chi connectivity index (χ1n) is 16.5. The van der Waals surface area contributed by atoms with Crippen molar-refractivity contribution < 1.29 is 46.7 Å². The predicted octanol–water partition coefficient (Wildman–Crippen LogP) is 2.17. The molecule has 2 saturated carbocycles. The van der Waals surface area contributed by atoms with Crippen LogP contribution in [0.1, 0.15) is 39.5 Å². The molecule has 2 bridgehead atoms. The van der Waals surface area contributed by atoms with Gasteiger partial charge in [0.25, 0.3) is 0 Å². The lowest BCUT2D eigenvalue weighted by atomic mass is 10.0. The molecule has 0 radical (unpaired) electrons. The molecule has 3 unspecified atom stereocenters. The van der Waals surface area contributed by atoms with Crippen LogP contribution in [0.5, 0.6) is 0 Å². The number of nitrogens with two attached hydrogens (primary N) is 2. The molecule has 282 valence electrons. The van der Waals surface area contributed by atoms with Crippen molar-refractivity contribution in [2.75, 3.05) is 24.7 Å². The Morgan fingerprint density at radius 3 is 2.23 bits per heavy atom. The molecule has 0 amide bonds. The van der Waals surface area contributed by atoms with Crippen LogP contribution < -0.4 is 11.5 Å². The first-order valence-corrected chi connectivity index (χ1v) is 23.5. The summed E-state index contributed by atoms with van der Waals surface area (Å²) in [5.74, 6) is 0.00147. The van der Waals surface area contributed by atoms with E-state index in [9.17, 15) is 19.5 Å². The quantitative estimate of drug-likeness (QED) is 0.146. The molecular formula is C28H40N10O10P2SSi. The van der Waals surface area contributed by atoms with E-state index in [1.807, 2.05) is 4.57 Å². The number of hydrogen-bond acceptors (Lipinski definition) is 17. The monoisotopic (exact) mass is 798 g/mol. The minimum Gasteiger partial charge on any atom is -0.409 e. The summed E-state index contributed by atoms with van der Waals surface area (Å²) in [4.78, 5) is 48.3. The summed E-state index contributed by atoms with van der Waals surface area (Å²) in [7, 11) is -7.53. The van der Waals surface area contributed by atoms with Gasteiger partial charge in [-0.15, -0.1) is 0 Å². The lowest BCUT2D eigenvalue weighted by Gasteiger charge is -2.43. The van der Waals surface area contributed by atoms with Gasteiger partial charge in [-0.1, -0.05) is 20.8 Å². The molecule has 4 aromatic heterocycles. The maximum atomic E-state index is 13.8. The number of imidazole rings is 2. The van der Waals surface area contributed by atoms with E-state index in [2.05, 4.69) is 63.8 Å². The number of ether oxygens (including phenoxy) is 1. The van der Waals surface area contributed by atoms with Crippen molar-refractivity contribution in [1.82, 2.24) is 39.0 Å². The Hall–Kier alpha value is -2.56. The Morgan fingerprint density at radius 1 is 0.981 bits per heavy atom. The van der Waals surface area contributed by atoms with Crippen LogP contribution in [0.2, 0.25) is 18.1 Å². The van der Waals surface area contributed by atoms with Gasteiger partial charge in [-0.2, -0.15) is 0 Å². The summed E-state index contributed by atoms with van der Waals surface area (Å²) in [6.07, 6.45) is -1.35. The molecule has 2 aliphatic heterocycles. The highest BCUT2D eigenvalue weighted by atomic mass is 32.5. The van der Waals surface area contributed by atoms with Gasteiger partial charge in [0.05, 0.1) is 38.0 Å². The van der Waals surface area contributed by atoms with Crippen molar-refractivity contribution in [2.45, 2.75) is 88.1 Å². The zero-order valence-electron chi connectivity index (χ0n) is 28.8. The van der Waals surface area contributed by atoms with Crippen molar-refractivity contribution in [2.24, 2.45) is 11.3 Å². The summed E-state index contributed by atoms with van der Waals surface area (Å²) in [5.41, 5.74) is 12.4. The topological polar surface area (TPSA) is 272 Å². The van der Waals surface area contributed by atoms with Gasteiger partial charge in [0, 0.05) is 5.41 Å². The number of aliphatic hydroxyl groups is 1. The summed E-state index contributed by atoms with van der Waals surface area (Å²) >= 11 is 5.60. The van der Waals surface area contributed by atoms with Crippen LogP contribution in [0.3, 0.4) is 0 Å². The van der Waals surface area contributed by atoms with Gasteiger partial charge in [-0.05, 0) is 42.3 Å². The number of phosphoric acid groups is 1. The molecule has 2 saturated heterocycles. The fourth-order valence-corrected chi connectivity index (χ4v) is 11.1. The highest BCUT2D eigenvalue weighted by molar-refractivity contribution is 8.07.